The third kappa shape index (κ3) is 2.25. The van der Waals surface area contributed by atoms with Gasteiger partial charge in [-0.1, -0.05) is 0 Å². The minimum Gasteiger partial charge on any atom is -0.383 e. The molecule has 1 fully saturated rings. The molecule has 0 saturated heterocycles. The molecular formula is C12H16F2N2O2. The SMILES string of the molecule is O=C(NCCn1cccc1)C(F)(F)C1(O)CCC1. The number of halogens is 2. The molecule has 0 bridgehead atoms. The van der Waals surface area contributed by atoms with Gasteiger partial charge in [0, 0.05) is 25.5 Å². The van der Waals surface area contributed by atoms with Crippen LogP contribution in [0.3, 0.4) is 0 Å². The van der Waals surface area contributed by atoms with Crippen molar-refractivity contribution < 1.29 is 18.7 Å². The van der Waals surface area contributed by atoms with E-state index < -0.39 is 17.4 Å². The molecule has 0 radical (unpaired) electrons. The lowest BCUT2D eigenvalue weighted by atomic mass is 9.75. The number of carbonyl (C=O) groups is 1. The summed E-state index contributed by atoms with van der Waals surface area (Å²) in [5.74, 6) is -5.10. The van der Waals surface area contributed by atoms with E-state index in [0.29, 0.717) is 13.0 Å². The van der Waals surface area contributed by atoms with Crippen molar-refractivity contribution in [1.29, 1.82) is 0 Å². The highest BCUT2D eigenvalue weighted by Gasteiger charge is 2.60. The van der Waals surface area contributed by atoms with Crippen molar-refractivity contribution in [3.8, 4) is 0 Å². The molecule has 6 heteroatoms. The van der Waals surface area contributed by atoms with E-state index in [-0.39, 0.29) is 19.4 Å². The number of nitrogens with one attached hydrogen (secondary N) is 1. The van der Waals surface area contributed by atoms with Gasteiger partial charge < -0.3 is 15.0 Å². The van der Waals surface area contributed by atoms with Crippen molar-refractivity contribution in [2.24, 2.45) is 0 Å². The zero-order chi connectivity index (χ0) is 13.2. The van der Waals surface area contributed by atoms with E-state index in [9.17, 15) is 18.7 Å². The van der Waals surface area contributed by atoms with Crippen molar-refractivity contribution in [1.82, 2.24) is 9.88 Å². The van der Waals surface area contributed by atoms with Crippen molar-refractivity contribution >= 4 is 5.91 Å². The van der Waals surface area contributed by atoms with E-state index in [1.165, 1.54) is 0 Å². The van der Waals surface area contributed by atoms with Crippen molar-refractivity contribution in [2.75, 3.05) is 6.54 Å². The Hall–Kier alpha value is -1.43. The summed E-state index contributed by atoms with van der Waals surface area (Å²) in [6.45, 7) is 0.534. The Balaban J connectivity index is 1.84. The first-order valence-corrected chi connectivity index (χ1v) is 5.95. The molecule has 2 rings (SSSR count). The summed E-state index contributed by atoms with van der Waals surface area (Å²) in [4.78, 5) is 11.4. The van der Waals surface area contributed by atoms with E-state index in [1.807, 2.05) is 12.1 Å². The molecule has 0 atom stereocenters. The van der Waals surface area contributed by atoms with E-state index in [1.54, 1.807) is 17.0 Å². The highest BCUT2D eigenvalue weighted by atomic mass is 19.3. The molecule has 1 saturated carbocycles. The first-order valence-electron chi connectivity index (χ1n) is 5.95. The number of carbonyl (C=O) groups excluding carboxylic acids is 1. The van der Waals surface area contributed by atoms with Gasteiger partial charge in [0.1, 0.15) is 5.60 Å². The van der Waals surface area contributed by atoms with Crippen LogP contribution < -0.4 is 5.32 Å². The Kier molecular flexibility index (Phi) is 3.38. The number of hydrogen-bond donors (Lipinski definition) is 2. The van der Waals surface area contributed by atoms with Crippen LogP contribution in [-0.4, -0.2) is 33.6 Å². The molecule has 1 aromatic rings. The Morgan fingerprint density at radius 2 is 2.00 bits per heavy atom. The van der Waals surface area contributed by atoms with Crippen molar-refractivity contribution in [3.05, 3.63) is 24.5 Å². The fourth-order valence-electron chi connectivity index (χ4n) is 1.97. The van der Waals surface area contributed by atoms with E-state index in [4.69, 9.17) is 0 Å². The molecule has 0 unspecified atom stereocenters. The smallest absolute Gasteiger partial charge is 0.352 e. The first-order chi connectivity index (χ1) is 8.46. The molecule has 2 N–H and O–H groups in total. The van der Waals surface area contributed by atoms with Crippen LogP contribution in [0.2, 0.25) is 0 Å². The molecule has 1 aliphatic rings. The maximum atomic E-state index is 13.6. The number of nitrogens with zero attached hydrogens (tertiary/aromatic N) is 1. The number of hydrogen-bond acceptors (Lipinski definition) is 2. The monoisotopic (exact) mass is 258 g/mol. The van der Waals surface area contributed by atoms with Crippen LogP contribution in [-0.2, 0) is 11.3 Å². The Morgan fingerprint density at radius 3 is 2.50 bits per heavy atom. The van der Waals surface area contributed by atoms with Gasteiger partial charge in [0.2, 0.25) is 0 Å². The Morgan fingerprint density at radius 1 is 1.39 bits per heavy atom. The van der Waals surface area contributed by atoms with Gasteiger partial charge in [-0.3, -0.25) is 4.79 Å². The molecule has 4 nitrogen and oxygen atoms in total. The van der Waals surface area contributed by atoms with Gasteiger partial charge in [-0.25, -0.2) is 0 Å². The largest absolute Gasteiger partial charge is 0.383 e. The molecule has 1 aromatic heterocycles. The predicted octanol–water partition coefficient (Wildman–Crippen LogP) is 1.15. The molecule has 0 spiro atoms. The number of aromatic nitrogens is 1. The normalized spacial score (nSPS) is 18.2. The molecule has 0 aromatic carbocycles. The predicted molar refractivity (Wildman–Crippen MR) is 61.2 cm³/mol. The highest BCUT2D eigenvalue weighted by Crippen LogP contribution is 2.44. The molecule has 0 aliphatic heterocycles. The van der Waals surface area contributed by atoms with Crippen LogP contribution >= 0.6 is 0 Å². The van der Waals surface area contributed by atoms with Gasteiger partial charge >= 0.3 is 5.92 Å². The zero-order valence-corrected chi connectivity index (χ0v) is 9.90. The average Bonchev–Trinajstić information content (AvgIpc) is 2.78. The maximum Gasteiger partial charge on any atom is 0.352 e. The number of alkyl halides is 2. The Labute approximate surface area is 104 Å². The van der Waals surface area contributed by atoms with Gasteiger partial charge in [0.25, 0.3) is 5.91 Å². The Bertz CT molecular complexity index is 414. The summed E-state index contributed by atoms with van der Waals surface area (Å²) in [6.07, 6.45) is 4.05. The van der Waals surface area contributed by atoms with E-state index >= 15 is 0 Å². The highest BCUT2D eigenvalue weighted by molar-refractivity contribution is 5.85. The lowest BCUT2D eigenvalue weighted by molar-refractivity contribution is -0.215. The fraction of sp³-hybridized carbons (Fsp3) is 0.583. The van der Waals surface area contributed by atoms with Gasteiger partial charge in [-0.05, 0) is 31.4 Å². The summed E-state index contributed by atoms with van der Waals surface area (Å²) in [5, 5.41) is 11.7. The second-order valence-electron chi connectivity index (χ2n) is 4.64. The summed E-state index contributed by atoms with van der Waals surface area (Å²) in [6, 6.07) is 3.63. The van der Waals surface area contributed by atoms with Gasteiger partial charge in [0.15, 0.2) is 0 Å². The molecule has 1 amide bonds. The summed E-state index contributed by atoms with van der Waals surface area (Å²) >= 11 is 0. The quantitative estimate of drug-likeness (QED) is 0.832. The fourth-order valence-corrected chi connectivity index (χ4v) is 1.97. The molecule has 1 heterocycles. The third-order valence-corrected chi connectivity index (χ3v) is 3.37. The van der Waals surface area contributed by atoms with Gasteiger partial charge in [0.05, 0.1) is 0 Å². The average molecular weight is 258 g/mol. The number of rotatable bonds is 5. The first kappa shape index (κ1) is 13.0. The second kappa shape index (κ2) is 4.68. The van der Waals surface area contributed by atoms with Crippen LogP contribution in [0.15, 0.2) is 24.5 Å². The van der Waals surface area contributed by atoms with Crippen LogP contribution in [0.4, 0.5) is 8.78 Å². The maximum absolute atomic E-state index is 13.6. The summed E-state index contributed by atoms with van der Waals surface area (Å²) in [5.41, 5.74) is -2.15. The van der Waals surface area contributed by atoms with Gasteiger partial charge in [-0.15, -0.1) is 0 Å². The van der Waals surface area contributed by atoms with Gasteiger partial charge in [-0.2, -0.15) is 8.78 Å². The summed E-state index contributed by atoms with van der Waals surface area (Å²) < 4.78 is 29.1. The third-order valence-electron chi connectivity index (χ3n) is 3.37. The lowest BCUT2D eigenvalue weighted by Gasteiger charge is -2.41. The van der Waals surface area contributed by atoms with Crippen molar-refractivity contribution in [3.63, 3.8) is 0 Å². The molecule has 100 valence electrons. The van der Waals surface area contributed by atoms with Crippen LogP contribution in [0.5, 0.6) is 0 Å². The van der Waals surface area contributed by atoms with Crippen molar-refractivity contribution in [2.45, 2.75) is 37.3 Å². The zero-order valence-electron chi connectivity index (χ0n) is 9.90. The standard InChI is InChI=1S/C12H16F2N2O2/c13-12(14,11(18)4-3-5-11)10(17)15-6-9-16-7-1-2-8-16/h1-2,7-8,18H,3-6,9H2,(H,15,17). The number of amides is 1. The van der Waals surface area contributed by atoms with Crippen LogP contribution in [0.25, 0.3) is 0 Å². The molecular weight excluding hydrogens is 242 g/mol. The van der Waals surface area contributed by atoms with E-state index in [2.05, 4.69) is 5.32 Å². The van der Waals surface area contributed by atoms with E-state index in [0.717, 1.165) is 0 Å². The minimum absolute atomic E-state index is 0.0228. The summed E-state index contributed by atoms with van der Waals surface area (Å²) in [7, 11) is 0. The topological polar surface area (TPSA) is 54.3 Å². The molecule has 1 aliphatic carbocycles. The lowest BCUT2D eigenvalue weighted by Crippen LogP contribution is -2.60. The number of aliphatic hydroxyl groups is 1. The minimum atomic E-state index is -3.71. The molecule has 18 heavy (non-hydrogen) atoms. The van der Waals surface area contributed by atoms with Crippen LogP contribution in [0, 0.1) is 0 Å². The second-order valence-corrected chi connectivity index (χ2v) is 4.64. The van der Waals surface area contributed by atoms with Crippen LogP contribution in [0.1, 0.15) is 19.3 Å².